The van der Waals surface area contributed by atoms with Gasteiger partial charge in [0.15, 0.2) is 5.78 Å². The number of aromatic nitrogens is 3. The summed E-state index contributed by atoms with van der Waals surface area (Å²) in [5.74, 6) is -2.33. The number of hydrogen-bond donors (Lipinski definition) is 2. The molecule has 0 amide bonds. The molecule has 0 saturated heterocycles. The molecule has 0 radical (unpaired) electrons. The zero-order valence-electron chi connectivity index (χ0n) is 15.6. The topological polar surface area (TPSA) is 114 Å². The van der Waals surface area contributed by atoms with E-state index >= 15 is 0 Å². The second-order valence-corrected chi connectivity index (χ2v) is 6.10. The van der Waals surface area contributed by atoms with Gasteiger partial charge in [0.25, 0.3) is 0 Å². The Bertz CT molecular complexity index is 1010. The molecule has 0 bridgehead atoms. The smallest absolute Gasteiger partial charge is 0.328 e. The van der Waals surface area contributed by atoms with Crippen molar-refractivity contribution in [1.29, 1.82) is 0 Å². The van der Waals surface area contributed by atoms with E-state index in [1.165, 1.54) is 0 Å². The van der Waals surface area contributed by atoms with Crippen LogP contribution in [0.15, 0.2) is 55.1 Å². The fourth-order valence-corrected chi connectivity index (χ4v) is 2.71. The van der Waals surface area contributed by atoms with Gasteiger partial charge in [-0.3, -0.25) is 4.79 Å². The molecular weight excluding hydrogens is 362 g/mol. The van der Waals surface area contributed by atoms with Gasteiger partial charge in [-0.1, -0.05) is 18.2 Å². The predicted molar refractivity (Wildman–Crippen MR) is 103 cm³/mol. The normalized spacial score (nSPS) is 10.6. The number of carbonyl (C=O) groups is 3. The van der Waals surface area contributed by atoms with Crippen molar-refractivity contribution < 1.29 is 24.6 Å². The largest absolute Gasteiger partial charge is 0.478 e. The highest BCUT2D eigenvalue weighted by Gasteiger charge is 2.14. The van der Waals surface area contributed by atoms with Gasteiger partial charge in [-0.25, -0.2) is 14.6 Å². The molecule has 0 spiro atoms. The lowest BCUT2D eigenvalue weighted by atomic mass is 10.0. The molecule has 8 heteroatoms. The second kappa shape index (κ2) is 9.31. The number of nitrogens with zero attached hydrogens (tertiary/aromatic N) is 3. The van der Waals surface area contributed by atoms with Gasteiger partial charge in [-0.05, 0) is 12.5 Å². The summed E-state index contributed by atoms with van der Waals surface area (Å²) < 4.78 is 3.96. The molecule has 28 heavy (non-hydrogen) atoms. The van der Waals surface area contributed by atoms with Crippen molar-refractivity contribution in [2.24, 2.45) is 14.1 Å². The van der Waals surface area contributed by atoms with E-state index in [0.29, 0.717) is 18.6 Å². The maximum absolute atomic E-state index is 12.4. The third-order valence-corrected chi connectivity index (χ3v) is 4.09. The summed E-state index contributed by atoms with van der Waals surface area (Å²) in [6.07, 6.45) is 7.85. The Labute approximate surface area is 161 Å². The van der Waals surface area contributed by atoms with Gasteiger partial charge >= 0.3 is 11.9 Å². The summed E-state index contributed by atoms with van der Waals surface area (Å²) >= 11 is 0. The van der Waals surface area contributed by atoms with Gasteiger partial charge in [-0.15, -0.1) is 0 Å². The molecule has 3 rings (SSSR count). The van der Waals surface area contributed by atoms with E-state index in [2.05, 4.69) is 4.98 Å². The second-order valence-electron chi connectivity index (χ2n) is 6.10. The molecule has 0 saturated carbocycles. The lowest BCUT2D eigenvalue weighted by Gasteiger charge is -2.01. The van der Waals surface area contributed by atoms with Crippen molar-refractivity contribution in [1.82, 2.24) is 14.1 Å². The summed E-state index contributed by atoms with van der Waals surface area (Å²) in [4.78, 5) is 35.6. The first-order valence-electron chi connectivity index (χ1n) is 8.46. The summed E-state index contributed by atoms with van der Waals surface area (Å²) in [5.41, 5.74) is 2.99. The molecule has 146 valence electrons. The van der Waals surface area contributed by atoms with Crippen LogP contribution < -0.4 is 0 Å². The maximum atomic E-state index is 12.4. The minimum atomic E-state index is -1.26. The van der Waals surface area contributed by atoms with E-state index < -0.39 is 11.9 Å². The van der Waals surface area contributed by atoms with Gasteiger partial charge in [0.1, 0.15) is 0 Å². The van der Waals surface area contributed by atoms with Crippen molar-refractivity contribution >= 4 is 28.6 Å². The number of hydrogen-bond acceptors (Lipinski definition) is 4. The number of ketones is 1. The lowest BCUT2D eigenvalue weighted by Crippen LogP contribution is -2.03. The Hall–Kier alpha value is -3.68. The summed E-state index contributed by atoms with van der Waals surface area (Å²) in [7, 11) is 3.92. The fraction of sp³-hybridized carbons (Fsp3) is 0.200. The van der Waals surface area contributed by atoms with Crippen molar-refractivity contribution in [3.63, 3.8) is 0 Å². The molecule has 3 aromatic rings. The van der Waals surface area contributed by atoms with Crippen LogP contribution in [0.5, 0.6) is 0 Å². The summed E-state index contributed by atoms with van der Waals surface area (Å²) in [6.45, 7) is 0. The monoisotopic (exact) mass is 383 g/mol. The number of imidazole rings is 1. The Morgan fingerprint density at radius 3 is 2.25 bits per heavy atom. The molecule has 1 aromatic carbocycles. The molecule has 0 aliphatic rings. The molecule has 0 atom stereocenters. The zero-order valence-corrected chi connectivity index (χ0v) is 15.6. The Balaban J connectivity index is 0.000000300. The Morgan fingerprint density at radius 2 is 1.68 bits per heavy atom. The van der Waals surface area contributed by atoms with Gasteiger partial charge in [0, 0.05) is 67.2 Å². The first kappa shape index (κ1) is 20.6. The number of carboxylic acid groups (broad SMARTS) is 2. The average Bonchev–Trinajstić information content (AvgIpc) is 3.22. The van der Waals surface area contributed by atoms with Crippen LogP contribution in [0, 0.1) is 0 Å². The van der Waals surface area contributed by atoms with Crippen LogP contribution in [-0.2, 0) is 30.1 Å². The molecule has 8 nitrogen and oxygen atoms in total. The highest BCUT2D eigenvalue weighted by Crippen LogP contribution is 2.22. The molecule has 2 N–H and O–H groups in total. The van der Waals surface area contributed by atoms with Gasteiger partial charge in [-0.2, -0.15) is 0 Å². The molecule has 0 aliphatic heterocycles. The number of aryl methyl sites for hydroxylation is 3. The molecule has 0 aliphatic carbocycles. The highest BCUT2D eigenvalue weighted by molar-refractivity contribution is 6.08. The van der Waals surface area contributed by atoms with E-state index in [-0.39, 0.29) is 5.78 Å². The van der Waals surface area contributed by atoms with Crippen LogP contribution in [0.25, 0.3) is 10.9 Å². The summed E-state index contributed by atoms with van der Waals surface area (Å²) in [5, 5.41) is 16.7. The Morgan fingerprint density at radius 1 is 1.04 bits per heavy atom. The molecule has 2 aromatic heterocycles. The van der Waals surface area contributed by atoms with Crippen molar-refractivity contribution in [3.8, 4) is 0 Å². The predicted octanol–water partition coefficient (Wildman–Crippen LogP) is 2.44. The number of aliphatic carboxylic acids is 2. The first-order chi connectivity index (χ1) is 13.3. The van der Waals surface area contributed by atoms with E-state index in [0.717, 1.165) is 28.6 Å². The number of rotatable bonds is 6. The van der Waals surface area contributed by atoms with Crippen molar-refractivity contribution in [2.45, 2.75) is 12.8 Å². The minimum Gasteiger partial charge on any atom is -0.478 e. The number of para-hydroxylation sites is 1. The van der Waals surface area contributed by atoms with Gasteiger partial charge in [0.05, 0.1) is 6.33 Å². The molecule has 2 heterocycles. The average molecular weight is 383 g/mol. The van der Waals surface area contributed by atoms with Crippen LogP contribution in [-0.4, -0.2) is 42.1 Å². The fourth-order valence-electron chi connectivity index (χ4n) is 2.71. The van der Waals surface area contributed by atoms with Crippen LogP contribution in [0.3, 0.4) is 0 Å². The molecular formula is C20H21N3O5. The van der Waals surface area contributed by atoms with E-state index in [9.17, 15) is 14.4 Å². The number of carbonyl (C=O) groups excluding carboxylic acids is 1. The van der Waals surface area contributed by atoms with E-state index in [4.69, 9.17) is 10.2 Å². The Kier molecular flexibility index (Phi) is 6.86. The highest BCUT2D eigenvalue weighted by atomic mass is 16.4. The number of benzene rings is 1. The zero-order chi connectivity index (χ0) is 20.7. The third kappa shape index (κ3) is 5.41. The quantitative estimate of drug-likeness (QED) is 0.499. The number of carboxylic acids is 2. The molecule has 0 unspecified atom stereocenters. The van der Waals surface area contributed by atoms with Gasteiger partial charge in [0.2, 0.25) is 0 Å². The van der Waals surface area contributed by atoms with Crippen LogP contribution in [0.4, 0.5) is 0 Å². The maximum Gasteiger partial charge on any atom is 0.328 e. The van der Waals surface area contributed by atoms with Crippen LogP contribution in [0.1, 0.15) is 22.5 Å². The SMILES string of the molecule is Cn1cncc1CCC(=O)c1cn(C)c2ccccc12.O=C(O)/C=C\C(=O)O. The molecule has 0 fully saturated rings. The van der Waals surface area contributed by atoms with Crippen molar-refractivity contribution in [3.05, 3.63) is 66.4 Å². The standard InChI is InChI=1S/C16H17N3O.C4H4O4/c1-18-10-14(13-5-3-4-6-15(13)18)16(20)8-7-12-9-17-11-19(12)2;5-3(6)1-2-4(7)8/h3-6,9-11H,7-8H2,1-2H3;1-2H,(H,5,6)(H,7,8)/b;2-1-. The third-order valence-electron chi connectivity index (χ3n) is 4.09. The number of Topliss-reactive ketones (excluding diaryl/α,β-unsaturated/α-hetero) is 1. The summed E-state index contributed by atoms with van der Waals surface area (Å²) in [6, 6.07) is 8.01. The number of fused-ring (bicyclic) bond motifs is 1. The van der Waals surface area contributed by atoms with Gasteiger partial charge < -0.3 is 19.3 Å². The van der Waals surface area contributed by atoms with E-state index in [1.54, 1.807) is 6.33 Å². The lowest BCUT2D eigenvalue weighted by molar-refractivity contribution is -0.134. The van der Waals surface area contributed by atoms with Crippen LogP contribution in [0.2, 0.25) is 0 Å². The van der Waals surface area contributed by atoms with Crippen LogP contribution >= 0.6 is 0 Å². The van der Waals surface area contributed by atoms with E-state index in [1.807, 2.05) is 59.9 Å². The minimum absolute atomic E-state index is 0.183. The first-order valence-corrected chi connectivity index (χ1v) is 8.46. The van der Waals surface area contributed by atoms with Crippen molar-refractivity contribution in [2.75, 3.05) is 0 Å².